The Balaban J connectivity index is 3.34. The van der Waals surface area contributed by atoms with Gasteiger partial charge in [-0.25, -0.2) is 0 Å². The Morgan fingerprint density at radius 2 is 1.21 bits per heavy atom. The molecular formula is C21H38O3. The molecule has 0 saturated carbocycles. The number of aliphatic hydroxyl groups excluding tert-OH is 3. The van der Waals surface area contributed by atoms with E-state index in [1.165, 1.54) is 44.9 Å². The Morgan fingerprint density at radius 1 is 0.667 bits per heavy atom. The molecule has 0 aliphatic carbocycles. The Kier molecular flexibility index (Phi) is 17.7. The Bertz CT molecular complexity index is 334. The molecule has 2 unspecified atom stereocenters. The molecule has 140 valence electrons. The number of aliphatic hydroxyl groups is 3. The van der Waals surface area contributed by atoms with Crippen LogP contribution in [0.5, 0.6) is 0 Å². The summed E-state index contributed by atoms with van der Waals surface area (Å²) in [4.78, 5) is 0. The Hall–Kier alpha value is -0.900. The van der Waals surface area contributed by atoms with E-state index in [2.05, 4.69) is 43.4 Å². The Labute approximate surface area is 148 Å². The fourth-order valence-corrected chi connectivity index (χ4v) is 2.44. The highest BCUT2D eigenvalue weighted by molar-refractivity contribution is 5.10. The van der Waals surface area contributed by atoms with Gasteiger partial charge in [0.05, 0.1) is 12.7 Å². The van der Waals surface area contributed by atoms with Crippen molar-refractivity contribution in [1.82, 2.24) is 0 Å². The molecule has 0 aromatic carbocycles. The number of rotatable bonds is 16. The molecule has 3 N–H and O–H groups in total. The van der Waals surface area contributed by atoms with Gasteiger partial charge in [-0.1, -0.05) is 88.3 Å². The van der Waals surface area contributed by atoms with Gasteiger partial charge in [-0.3, -0.25) is 0 Å². The maximum atomic E-state index is 9.51. The molecule has 0 rings (SSSR count). The first-order chi connectivity index (χ1) is 11.7. The minimum absolute atomic E-state index is 0.362. The molecule has 0 amide bonds. The van der Waals surface area contributed by atoms with Gasteiger partial charge in [0, 0.05) is 0 Å². The first kappa shape index (κ1) is 23.1. The second-order valence-electron chi connectivity index (χ2n) is 6.40. The molecular weight excluding hydrogens is 300 g/mol. The molecule has 0 aliphatic rings. The molecule has 0 radical (unpaired) electrons. The summed E-state index contributed by atoms with van der Waals surface area (Å²) in [5.41, 5.74) is 0. The lowest BCUT2D eigenvalue weighted by Crippen LogP contribution is -2.28. The van der Waals surface area contributed by atoms with E-state index >= 15 is 0 Å². The molecule has 24 heavy (non-hydrogen) atoms. The maximum absolute atomic E-state index is 9.51. The van der Waals surface area contributed by atoms with Crippen LogP contribution < -0.4 is 0 Å². The van der Waals surface area contributed by atoms with Crippen molar-refractivity contribution < 1.29 is 15.3 Å². The van der Waals surface area contributed by atoms with E-state index in [0.717, 1.165) is 19.3 Å². The summed E-state index contributed by atoms with van der Waals surface area (Å²) in [5.74, 6) is 0. The molecule has 0 aromatic rings. The molecule has 0 aromatic heterocycles. The molecule has 3 nitrogen and oxygen atoms in total. The standard InChI is InChI=1S/C21H38O3/c1-2-3-4-5-6-7-8-9-10-11-12-13-14-15-16-17-18-20(23)21(24)19-22/h5-10,20-24H,2-4,11-19H2,1H3/b6-5-,8-7+,10-9-. The van der Waals surface area contributed by atoms with Crippen LogP contribution in [0.3, 0.4) is 0 Å². The normalized spacial score (nSPS) is 15.0. The summed E-state index contributed by atoms with van der Waals surface area (Å²) < 4.78 is 0. The second-order valence-corrected chi connectivity index (χ2v) is 6.40. The second kappa shape index (κ2) is 18.4. The summed E-state index contributed by atoms with van der Waals surface area (Å²) in [6.07, 6.45) is 23.4. The fourth-order valence-electron chi connectivity index (χ4n) is 2.44. The summed E-state index contributed by atoms with van der Waals surface area (Å²) in [6, 6.07) is 0. The predicted octanol–water partition coefficient (Wildman–Crippen LogP) is 4.68. The van der Waals surface area contributed by atoms with Gasteiger partial charge >= 0.3 is 0 Å². The lowest BCUT2D eigenvalue weighted by atomic mass is 10.0. The van der Waals surface area contributed by atoms with Crippen LogP contribution in [0.4, 0.5) is 0 Å². The van der Waals surface area contributed by atoms with Crippen LogP contribution >= 0.6 is 0 Å². The van der Waals surface area contributed by atoms with Gasteiger partial charge in [-0.05, 0) is 25.7 Å². The van der Waals surface area contributed by atoms with Gasteiger partial charge in [0.1, 0.15) is 6.10 Å². The number of hydrogen-bond acceptors (Lipinski definition) is 3. The van der Waals surface area contributed by atoms with Crippen molar-refractivity contribution in [2.45, 2.75) is 89.8 Å². The van der Waals surface area contributed by atoms with E-state index in [0.29, 0.717) is 6.42 Å². The lowest BCUT2D eigenvalue weighted by molar-refractivity contribution is -0.0185. The van der Waals surface area contributed by atoms with Crippen LogP contribution in [0.2, 0.25) is 0 Å². The van der Waals surface area contributed by atoms with Crippen molar-refractivity contribution >= 4 is 0 Å². The zero-order valence-electron chi connectivity index (χ0n) is 15.4. The summed E-state index contributed by atoms with van der Waals surface area (Å²) >= 11 is 0. The van der Waals surface area contributed by atoms with Gasteiger partial charge in [-0.15, -0.1) is 0 Å². The first-order valence-corrected chi connectivity index (χ1v) is 9.67. The van der Waals surface area contributed by atoms with E-state index in [1.807, 2.05) is 0 Å². The lowest BCUT2D eigenvalue weighted by Gasteiger charge is -2.14. The van der Waals surface area contributed by atoms with Gasteiger partial charge in [0.2, 0.25) is 0 Å². The van der Waals surface area contributed by atoms with E-state index in [9.17, 15) is 10.2 Å². The van der Waals surface area contributed by atoms with Crippen molar-refractivity contribution in [3.8, 4) is 0 Å². The molecule has 0 saturated heterocycles. The monoisotopic (exact) mass is 338 g/mol. The average Bonchev–Trinajstić information content (AvgIpc) is 2.60. The molecule has 3 heteroatoms. The van der Waals surface area contributed by atoms with Crippen LogP contribution in [0.25, 0.3) is 0 Å². The average molecular weight is 339 g/mol. The van der Waals surface area contributed by atoms with Gasteiger partial charge < -0.3 is 15.3 Å². The van der Waals surface area contributed by atoms with E-state index < -0.39 is 12.2 Å². The number of hydrogen-bond donors (Lipinski definition) is 3. The van der Waals surface area contributed by atoms with Crippen LogP contribution in [-0.4, -0.2) is 34.1 Å². The largest absolute Gasteiger partial charge is 0.394 e. The minimum Gasteiger partial charge on any atom is -0.394 e. The minimum atomic E-state index is -0.988. The summed E-state index contributed by atoms with van der Waals surface area (Å²) in [5, 5.41) is 27.5. The molecule has 0 bridgehead atoms. The Morgan fingerprint density at radius 3 is 1.79 bits per heavy atom. The van der Waals surface area contributed by atoms with Crippen LogP contribution in [0, 0.1) is 0 Å². The molecule has 0 heterocycles. The molecule has 2 atom stereocenters. The third kappa shape index (κ3) is 16.0. The number of allylic oxidation sites excluding steroid dienone is 6. The van der Waals surface area contributed by atoms with E-state index in [1.54, 1.807) is 0 Å². The number of unbranched alkanes of at least 4 members (excludes halogenated alkanes) is 8. The third-order valence-corrected chi connectivity index (χ3v) is 4.08. The third-order valence-electron chi connectivity index (χ3n) is 4.08. The van der Waals surface area contributed by atoms with Gasteiger partial charge in [0.25, 0.3) is 0 Å². The SMILES string of the molecule is CCCC\C=C/C=C/C=C\CCCCCCCCC(O)C(O)CO. The first-order valence-electron chi connectivity index (χ1n) is 9.67. The van der Waals surface area contributed by atoms with Gasteiger partial charge in [0.15, 0.2) is 0 Å². The molecule has 0 aliphatic heterocycles. The maximum Gasteiger partial charge on any atom is 0.103 e. The van der Waals surface area contributed by atoms with Crippen LogP contribution in [0.15, 0.2) is 36.5 Å². The highest BCUT2D eigenvalue weighted by atomic mass is 16.4. The fraction of sp³-hybridized carbons (Fsp3) is 0.714. The van der Waals surface area contributed by atoms with Crippen molar-refractivity contribution in [3.05, 3.63) is 36.5 Å². The zero-order valence-corrected chi connectivity index (χ0v) is 15.4. The molecule has 0 spiro atoms. The van der Waals surface area contributed by atoms with Crippen LogP contribution in [0.1, 0.15) is 77.6 Å². The quantitative estimate of drug-likeness (QED) is 0.283. The predicted molar refractivity (Wildman–Crippen MR) is 103 cm³/mol. The zero-order chi connectivity index (χ0) is 17.9. The van der Waals surface area contributed by atoms with E-state index in [-0.39, 0.29) is 6.61 Å². The van der Waals surface area contributed by atoms with Crippen LogP contribution in [-0.2, 0) is 0 Å². The van der Waals surface area contributed by atoms with Crippen molar-refractivity contribution in [1.29, 1.82) is 0 Å². The topological polar surface area (TPSA) is 60.7 Å². The highest BCUT2D eigenvalue weighted by Gasteiger charge is 2.13. The highest BCUT2D eigenvalue weighted by Crippen LogP contribution is 2.11. The summed E-state index contributed by atoms with van der Waals surface area (Å²) in [7, 11) is 0. The van der Waals surface area contributed by atoms with Crippen molar-refractivity contribution in [3.63, 3.8) is 0 Å². The smallest absolute Gasteiger partial charge is 0.103 e. The summed E-state index contributed by atoms with van der Waals surface area (Å²) in [6.45, 7) is 1.85. The van der Waals surface area contributed by atoms with Gasteiger partial charge in [-0.2, -0.15) is 0 Å². The van der Waals surface area contributed by atoms with Crippen molar-refractivity contribution in [2.75, 3.05) is 6.61 Å². The molecule has 0 fully saturated rings. The van der Waals surface area contributed by atoms with Crippen molar-refractivity contribution in [2.24, 2.45) is 0 Å². The van der Waals surface area contributed by atoms with E-state index in [4.69, 9.17) is 5.11 Å².